The van der Waals surface area contributed by atoms with Crippen LogP contribution < -0.4 is 11.1 Å². The minimum absolute atomic E-state index is 0. The second kappa shape index (κ2) is 10.7. The number of carbonyl (C=O) groups excluding carboxylic acids is 1. The summed E-state index contributed by atoms with van der Waals surface area (Å²) in [6.45, 7) is 7.40. The van der Waals surface area contributed by atoms with Crippen LogP contribution >= 0.6 is 24.8 Å². The molecule has 4 nitrogen and oxygen atoms in total. The zero-order chi connectivity index (χ0) is 13.6. The van der Waals surface area contributed by atoms with Crippen molar-refractivity contribution in [3.05, 3.63) is 0 Å². The fourth-order valence-electron chi connectivity index (χ4n) is 2.97. The van der Waals surface area contributed by atoms with E-state index in [2.05, 4.69) is 19.2 Å². The molecule has 0 aliphatic carbocycles. The molecule has 20 heavy (non-hydrogen) atoms. The summed E-state index contributed by atoms with van der Waals surface area (Å²) >= 11 is 0. The first-order valence-electron chi connectivity index (χ1n) is 7.27. The van der Waals surface area contributed by atoms with Crippen LogP contribution in [0.5, 0.6) is 0 Å². The number of nitrogens with two attached hydrogens (primary N) is 1. The number of nitrogens with zero attached hydrogens (tertiary/aromatic N) is 1. The molecule has 0 radical (unpaired) electrons. The molecule has 0 aromatic heterocycles. The van der Waals surface area contributed by atoms with Gasteiger partial charge in [-0.3, -0.25) is 4.79 Å². The van der Waals surface area contributed by atoms with Crippen LogP contribution in [0, 0.1) is 11.3 Å². The third kappa shape index (κ3) is 5.06. The molecule has 1 saturated heterocycles. The summed E-state index contributed by atoms with van der Waals surface area (Å²) in [6.07, 6.45) is 4.02. The van der Waals surface area contributed by atoms with E-state index in [1.807, 2.05) is 11.9 Å². The quantitative estimate of drug-likeness (QED) is 0.785. The zero-order valence-corrected chi connectivity index (χ0v) is 14.6. The van der Waals surface area contributed by atoms with Gasteiger partial charge in [-0.2, -0.15) is 0 Å². The average Bonchev–Trinajstić information content (AvgIpc) is 2.42. The van der Waals surface area contributed by atoms with E-state index in [-0.39, 0.29) is 36.1 Å². The van der Waals surface area contributed by atoms with Gasteiger partial charge in [0.05, 0.1) is 5.41 Å². The molecule has 0 spiro atoms. The maximum Gasteiger partial charge on any atom is 0.230 e. The summed E-state index contributed by atoms with van der Waals surface area (Å²) in [5.41, 5.74) is 5.54. The standard InChI is InChI=1S/C14H29N3O.2ClH/c1-4-14(5-2,11-15)13(18)17-8-6-7-12(10-17)9-16-3;;/h12,16H,4-11,15H2,1-3H3;2*1H. The van der Waals surface area contributed by atoms with Gasteiger partial charge in [-0.15, -0.1) is 24.8 Å². The number of rotatable bonds is 6. The van der Waals surface area contributed by atoms with Crippen molar-refractivity contribution in [3.8, 4) is 0 Å². The van der Waals surface area contributed by atoms with Crippen LogP contribution in [0.1, 0.15) is 39.5 Å². The van der Waals surface area contributed by atoms with Crippen LogP contribution in [0.25, 0.3) is 0 Å². The number of carbonyl (C=O) groups is 1. The number of hydrogen-bond donors (Lipinski definition) is 2. The molecule has 3 N–H and O–H groups in total. The van der Waals surface area contributed by atoms with Crippen LogP contribution in [0.3, 0.4) is 0 Å². The molecule has 1 aliphatic heterocycles. The molecule has 0 aromatic rings. The van der Waals surface area contributed by atoms with Crippen LogP contribution in [0.15, 0.2) is 0 Å². The Morgan fingerprint density at radius 1 is 1.35 bits per heavy atom. The molecular weight excluding hydrogens is 297 g/mol. The molecule has 1 heterocycles. The first-order valence-corrected chi connectivity index (χ1v) is 7.27. The van der Waals surface area contributed by atoms with E-state index in [1.165, 1.54) is 6.42 Å². The van der Waals surface area contributed by atoms with E-state index in [9.17, 15) is 4.79 Å². The molecular formula is C14H31Cl2N3O. The maximum absolute atomic E-state index is 12.7. The van der Waals surface area contributed by atoms with E-state index in [0.717, 1.165) is 38.9 Å². The lowest BCUT2D eigenvalue weighted by Crippen LogP contribution is -2.51. The van der Waals surface area contributed by atoms with Crippen molar-refractivity contribution in [1.29, 1.82) is 0 Å². The molecule has 1 atom stereocenters. The third-order valence-corrected chi connectivity index (χ3v) is 4.50. The summed E-state index contributed by atoms with van der Waals surface area (Å²) in [5.74, 6) is 0.868. The largest absolute Gasteiger partial charge is 0.342 e. The van der Waals surface area contributed by atoms with E-state index in [1.54, 1.807) is 0 Å². The van der Waals surface area contributed by atoms with Crippen molar-refractivity contribution in [2.24, 2.45) is 17.1 Å². The van der Waals surface area contributed by atoms with Crippen LogP contribution in [0.4, 0.5) is 0 Å². The Bertz CT molecular complexity index is 263. The van der Waals surface area contributed by atoms with Crippen LogP contribution in [0.2, 0.25) is 0 Å². The highest BCUT2D eigenvalue weighted by atomic mass is 35.5. The number of hydrogen-bond acceptors (Lipinski definition) is 3. The van der Waals surface area contributed by atoms with Crippen molar-refractivity contribution in [2.75, 3.05) is 33.2 Å². The predicted molar refractivity (Wildman–Crippen MR) is 89.8 cm³/mol. The third-order valence-electron chi connectivity index (χ3n) is 4.50. The number of likely N-dealkylation sites (tertiary alicyclic amines) is 1. The average molecular weight is 328 g/mol. The highest BCUT2D eigenvalue weighted by Gasteiger charge is 2.38. The van der Waals surface area contributed by atoms with Gasteiger partial charge in [0, 0.05) is 19.6 Å². The molecule has 1 unspecified atom stereocenters. The lowest BCUT2D eigenvalue weighted by molar-refractivity contribution is -0.144. The fraction of sp³-hybridized carbons (Fsp3) is 0.929. The lowest BCUT2D eigenvalue weighted by atomic mass is 9.80. The molecule has 1 amide bonds. The summed E-state index contributed by atoms with van der Waals surface area (Å²) in [4.78, 5) is 14.7. The van der Waals surface area contributed by atoms with Gasteiger partial charge in [0.2, 0.25) is 5.91 Å². The predicted octanol–water partition coefficient (Wildman–Crippen LogP) is 2.05. The minimum Gasteiger partial charge on any atom is -0.342 e. The van der Waals surface area contributed by atoms with E-state index in [0.29, 0.717) is 12.5 Å². The Morgan fingerprint density at radius 3 is 2.40 bits per heavy atom. The lowest BCUT2D eigenvalue weighted by Gasteiger charge is -2.39. The molecule has 0 saturated carbocycles. The van der Waals surface area contributed by atoms with Crippen molar-refractivity contribution in [3.63, 3.8) is 0 Å². The molecule has 122 valence electrons. The Labute approximate surface area is 136 Å². The van der Waals surface area contributed by atoms with E-state index in [4.69, 9.17) is 5.73 Å². The second-order valence-electron chi connectivity index (χ2n) is 5.51. The SMILES string of the molecule is CCC(CC)(CN)C(=O)N1CCCC(CNC)C1.Cl.Cl. The van der Waals surface area contributed by atoms with E-state index >= 15 is 0 Å². The van der Waals surface area contributed by atoms with Gasteiger partial charge >= 0.3 is 0 Å². The van der Waals surface area contributed by atoms with Crippen molar-refractivity contribution >= 4 is 30.7 Å². The maximum atomic E-state index is 12.7. The summed E-state index contributed by atoms with van der Waals surface area (Å²) in [7, 11) is 1.98. The van der Waals surface area contributed by atoms with Gasteiger partial charge < -0.3 is 16.0 Å². The molecule has 1 aliphatic rings. The summed E-state index contributed by atoms with van der Waals surface area (Å²) in [5, 5.41) is 3.21. The van der Waals surface area contributed by atoms with Crippen LogP contribution in [-0.2, 0) is 4.79 Å². The number of halogens is 2. The molecule has 1 rings (SSSR count). The summed E-state index contributed by atoms with van der Waals surface area (Å²) < 4.78 is 0. The number of piperidine rings is 1. The molecule has 0 aromatic carbocycles. The van der Waals surface area contributed by atoms with Gasteiger partial charge in [-0.05, 0) is 45.2 Å². The fourth-order valence-corrected chi connectivity index (χ4v) is 2.97. The Morgan fingerprint density at radius 2 is 1.95 bits per heavy atom. The Kier molecular flexibility index (Phi) is 11.9. The normalized spacial score (nSPS) is 19.0. The first kappa shape index (κ1) is 22.3. The van der Waals surface area contributed by atoms with Crippen molar-refractivity contribution in [2.45, 2.75) is 39.5 Å². The van der Waals surface area contributed by atoms with Gasteiger partial charge in [0.15, 0.2) is 0 Å². The Balaban J connectivity index is 0. The topological polar surface area (TPSA) is 58.4 Å². The minimum atomic E-state index is -0.332. The van der Waals surface area contributed by atoms with Gasteiger partial charge in [0.25, 0.3) is 0 Å². The highest BCUT2D eigenvalue weighted by Crippen LogP contribution is 2.29. The van der Waals surface area contributed by atoms with Crippen molar-refractivity contribution in [1.82, 2.24) is 10.2 Å². The Hall–Kier alpha value is -0.0300. The highest BCUT2D eigenvalue weighted by molar-refractivity contribution is 5.85. The first-order chi connectivity index (χ1) is 8.63. The van der Waals surface area contributed by atoms with E-state index < -0.39 is 0 Å². The van der Waals surface area contributed by atoms with Crippen LogP contribution in [-0.4, -0.2) is 44.0 Å². The van der Waals surface area contributed by atoms with Gasteiger partial charge in [-0.25, -0.2) is 0 Å². The monoisotopic (exact) mass is 327 g/mol. The zero-order valence-electron chi connectivity index (χ0n) is 13.0. The molecule has 1 fully saturated rings. The molecule has 0 bridgehead atoms. The van der Waals surface area contributed by atoms with Gasteiger partial charge in [-0.1, -0.05) is 13.8 Å². The number of nitrogens with one attached hydrogen (secondary N) is 1. The van der Waals surface area contributed by atoms with Gasteiger partial charge in [0.1, 0.15) is 0 Å². The smallest absolute Gasteiger partial charge is 0.230 e. The molecule has 6 heteroatoms. The van der Waals surface area contributed by atoms with Crippen molar-refractivity contribution < 1.29 is 4.79 Å². The second-order valence-corrected chi connectivity index (χ2v) is 5.51. The number of amides is 1. The summed E-state index contributed by atoms with van der Waals surface area (Å²) in [6, 6.07) is 0.